The number of carbonyl (C=O) groups excluding carboxylic acids is 2. The Kier molecular flexibility index (Phi) is 9.00. The number of nitrogens with one attached hydrogen (secondary N) is 1. The summed E-state index contributed by atoms with van der Waals surface area (Å²) in [5, 5.41) is 3.41. The average molecular weight is 493 g/mol. The topological polar surface area (TPSA) is 74.8 Å². The molecule has 0 bridgehead atoms. The van der Waals surface area contributed by atoms with Gasteiger partial charge in [0.1, 0.15) is 0 Å². The number of thiazole rings is 1. The van der Waals surface area contributed by atoms with Gasteiger partial charge < -0.3 is 15.0 Å². The number of rotatable bonds is 10. The van der Waals surface area contributed by atoms with E-state index in [2.05, 4.69) is 15.2 Å². The molecular formula is C27H32N4O3S. The average Bonchev–Trinajstić information content (AvgIpc) is 3.29. The van der Waals surface area contributed by atoms with E-state index in [1.807, 2.05) is 67.6 Å². The smallest absolute Gasteiger partial charge is 0.245 e. The number of hydrogen-bond acceptors (Lipinski definition) is 6. The zero-order valence-electron chi connectivity index (χ0n) is 20.1. The van der Waals surface area contributed by atoms with E-state index in [0.29, 0.717) is 11.7 Å². The van der Waals surface area contributed by atoms with Crippen LogP contribution in [0.5, 0.6) is 0 Å². The molecule has 0 unspecified atom stereocenters. The van der Waals surface area contributed by atoms with Crippen LogP contribution in [-0.4, -0.2) is 72.5 Å². The highest BCUT2D eigenvalue weighted by Crippen LogP contribution is 2.27. The van der Waals surface area contributed by atoms with E-state index in [0.717, 1.165) is 55.3 Å². The number of aromatic nitrogens is 1. The summed E-state index contributed by atoms with van der Waals surface area (Å²) in [7, 11) is 0. The lowest BCUT2D eigenvalue weighted by molar-refractivity contribution is -0.135. The van der Waals surface area contributed by atoms with Crippen LogP contribution in [0.1, 0.15) is 28.3 Å². The highest BCUT2D eigenvalue weighted by molar-refractivity contribution is 7.15. The van der Waals surface area contributed by atoms with E-state index in [9.17, 15) is 9.59 Å². The van der Waals surface area contributed by atoms with Crippen LogP contribution in [0.3, 0.4) is 0 Å². The Bertz CT molecular complexity index is 1040. The van der Waals surface area contributed by atoms with Crippen molar-refractivity contribution in [1.82, 2.24) is 14.8 Å². The van der Waals surface area contributed by atoms with Gasteiger partial charge in [0.05, 0.1) is 25.7 Å². The zero-order valence-corrected chi connectivity index (χ0v) is 20.9. The van der Waals surface area contributed by atoms with Crippen LogP contribution < -0.4 is 5.32 Å². The fourth-order valence-corrected chi connectivity index (χ4v) is 4.95. The van der Waals surface area contributed by atoms with Gasteiger partial charge in [-0.2, -0.15) is 0 Å². The van der Waals surface area contributed by atoms with Gasteiger partial charge in [-0.15, -0.1) is 11.3 Å². The van der Waals surface area contributed by atoms with E-state index in [1.54, 1.807) is 11.1 Å². The summed E-state index contributed by atoms with van der Waals surface area (Å²) in [6, 6.07) is 19.5. The van der Waals surface area contributed by atoms with E-state index >= 15 is 0 Å². The molecule has 2 heterocycles. The SMILES string of the molecule is Cc1cnc(NC(=O)CN(CCCN2CCOCC2)C(=O)C(c2ccccc2)c2ccccc2)s1. The lowest BCUT2D eigenvalue weighted by atomic mass is 9.90. The van der Waals surface area contributed by atoms with Crippen LogP contribution in [0, 0.1) is 6.92 Å². The Morgan fingerprint density at radius 1 is 1.06 bits per heavy atom. The van der Waals surface area contributed by atoms with Crippen molar-refractivity contribution >= 4 is 28.3 Å². The van der Waals surface area contributed by atoms with Gasteiger partial charge >= 0.3 is 0 Å². The second-order valence-electron chi connectivity index (χ2n) is 8.65. The first-order valence-corrected chi connectivity index (χ1v) is 12.8. The van der Waals surface area contributed by atoms with Crippen LogP contribution >= 0.6 is 11.3 Å². The number of amides is 2. The number of anilines is 1. The first-order valence-electron chi connectivity index (χ1n) is 12.0. The molecule has 35 heavy (non-hydrogen) atoms. The molecule has 0 atom stereocenters. The van der Waals surface area contributed by atoms with Crippen molar-refractivity contribution < 1.29 is 14.3 Å². The molecule has 3 aromatic rings. The standard InChI is InChI=1S/C27H32N4O3S/c1-21-19-28-27(35-21)29-24(32)20-31(14-8-13-30-15-17-34-18-16-30)26(33)25(22-9-4-2-5-10-22)23-11-6-3-7-12-23/h2-7,9-12,19,25H,8,13-18,20H2,1H3,(H,28,29,32). The van der Waals surface area contributed by atoms with Gasteiger partial charge in [-0.25, -0.2) is 4.98 Å². The van der Waals surface area contributed by atoms with Gasteiger partial charge in [0.25, 0.3) is 0 Å². The van der Waals surface area contributed by atoms with E-state index < -0.39 is 5.92 Å². The van der Waals surface area contributed by atoms with Gasteiger partial charge in [-0.1, -0.05) is 60.7 Å². The predicted octanol–water partition coefficient (Wildman–Crippen LogP) is 3.77. The lowest BCUT2D eigenvalue weighted by Crippen LogP contribution is -2.43. The normalized spacial score (nSPS) is 14.1. The summed E-state index contributed by atoms with van der Waals surface area (Å²) in [6.45, 7) is 6.56. The summed E-state index contributed by atoms with van der Waals surface area (Å²) in [5.74, 6) is -0.788. The minimum Gasteiger partial charge on any atom is -0.379 e. The maximum Gasteiger partial charge on any atom is 0.245 e. The summed E-state index contributed by atoms with van der Waals surface area (Å²) in [4.78, 5) is 36.2. The Hall–Kier alpha value is -3.07. The van der Waals surface area contributed by atoms with Crippen LogP contribution in [0.15, 0.2) is 66.9 Å². The number of morpholine rings is 1. The highest BCUT2D eigenvalue weighted by Gasteiger charge is 2.29. The third-order valence-corrected chi connectivity index (χ3v) is 6.86. The van der Waals surface area contributed by atoms with Gasteiger partial charge in [-0.05, 0) is 24.5 Å². The molecule has 4 rings (SSSR count). The minimum absolute atomic E-state index is 0.0171. The molecule has 2 aromatic carbocycles. The molecule has 1 saturated heterocycles. The number of aryl methyl sites for hydroxylation is 1. The Balaban J connectivity index is 1.53. The number of benzene rings is 2. The van der Waals surface area contributed by atoms with E-state index in [4.69, 9.17) is 4.74 Å². The van der Waals surface area contributed by atoms with Crippen molar-refractivity contribution in [2.75, 3.05) is 51.3 Å². The summed E-state index contributed by atoms with van der Waals surface area (Å²) in [5.41, 5.74) is 1.83. The Morgan fingerprint density at radius 3 is 2.26 bits per heavy atom. The maximum atomic E-state index is 14.0. The van der Waals surface area contributed by atoms with Gasteiger partial charge in [0, 0.05) is 37.3 Å². The first-order chi connectivity index (χ1) is 17.1. The first kappa shape index (κ1) is 25.0. The second-order valence-corrected chi connectivity index (χ2v) is 9.88. The van der Waals surface area contributed by atoms with Crippen LogP contribution in [-0.2, 0) is 14.3 Å². The molecule has 7 nitrogen and oxygen atoms in total. The molecule has 184 valence electrons. The van der Waals surface area contributed by atoms with Crippen molar-refractivity contribution in [2.24, 2.45) is 0 Å². The number of ether oxygens (including phenoxy) is 1. The van der Waals surface area contributed by atoms with Crippen LogP contribution in [0.25, 0.3) is 0 Å². The molecule has 1 aliphatic heterocycles. The molecule has 1 aliphatic rings. The second kappa shape index (κ2) is 12.6. The molecule has 0 spiro atoms. The molecule has 1 N–H and O–H groups in total. The predicted molar refractivity (Wildman–Crippen MR) is 139 cm³/mol. The quantitative estimate of drug-likeness (QED) is 0.466. The molecule has 2 amide bonds. The maximum absolute atomic E-state index is 14.0. The molecule has 1 fully saturated rings. The van der Waals surface area contributed by atoms with Gasteiger partial charge in [-0.3, -0.25) is 14.5 Å². The summed E-state index contributed by atoms with van der Waals surface area (Å²) in [6.07, 6.45) is 2.51. The fourth-order valence-electron chi connectivity index (χ4n) is 4.27. The molecule has 0 radical (unpaired) electrons. The van der Waals surface area contributed by atoms with Crippen molar-refractivity contribution in [3.8, 4) is 0 Å². The summed E-state index contributed by atoms with van der Waals surface area (Å²) >= 11 is 1.42. The third-order valence-electron chi connectivity index (χ3n) is 6.03. The molecular weight excluding hydrogens is 460 g/mol. The zero-order chi connectivity index (χ0) is 24.5. The number of hydrogen-bond donors (Lipinski definition) is 1. The number of nitrogens with zero attached hydrogens (tertiary/aromatic N) is 3. The van der Waals surface area contributed by atoms with Crippen molar-refractivity contribution in [3.05, 3.63) is 82.9 Å². The Labute approximate surface area is 210 Å². The van der Waals surface area contributed by atoms with Crippen LogP contribution in [0.2, 0.25) is 0 Å². The van der Waals surface area contributed by atoms with Crippen molar-refractivity contribution in [2.45, 2.75) is 19.3 Å². The van der Waals surface area contributed by atoms with Gasteiger partial charge in [0.15, 0.2) is 5.13 Å². The third kappa shape index (κ3) is 7.21. The van der Waals surface area contributed by atoms with E-state index in [-0.39, 0.29) is 18.4 Å². The highest BCUT2D eigenvalue weighted by atomic mass is 32.1. The Morgan fingerprint density at radius 2 is 1.69 bits per heavy atom. The van der Waals surface area contributed by atoms with E-state index in [1.165, 1.54) is 11.3 Å². The van der Waals surface area contributed by atoms with Crippen molar-refractivity contribution in [3.63, 3.8) is 0 Å². The molecule has 1 aromatic heterocycles. The van der Waals surface area contributed by atoms with Crippen molar-refractivity contribution in [1.29, 1.82) is 0 Å². The minimum atomic E-state index is -0.476. The molecule has 8 heteroatoms. The largest absolute Gasteiger partial charge is 0.379 e. The van der Waals surface area contributed by atoms with Gasteiger partial charge in [0.2, 0.25) is 11.8 Å². The molecule has 0 saturated carbocycles. The van der Waals surface area contributed by atoms with Crippen LogP contribution in [0.4, 0.5) is 5.13 Å². The monoisotopic (exact) mass is 492 g/mol. The number of carbonyl (C=O) groups is 2. The summed E-state index contributed by atoms with van der Waals surface area (Å²) < 4.78 is 5.44. The fraction of sp³-hybridized carbons (Fsp3) is 0.370. The lowest BCUT2D eigenvalue weighted by Gasteiger charge is -2.30. The molecule has 0 aliphatic carbocycles.